The van der Waals surface area contributed by atoms with Gasteiger partial charge in [0.25, 0.3) is 0 Å². The molecule has 3 unspecified atom stereocenters. The van der Waals surface area contributed by atoms with E-state index in [1.54, 1.807) is 0 Å². The second-order valence-electron chi connectivity index (χ2n) is 3.94. The SMILES string of the molecule is CC(C)C1OC(CO)[C@H](O)CC1O. The Morgan fingerprint density at radius 1 is 1.31 bits per heavy atom. The van der Waals surface area contributed by atoms with Crippen molar-refractivity contribution in [3.8, 4) is 0 Å². The second-order valence-corrected chi connectivity index (χ2v) is 3.94. The van der Waals surface area contributed by atoms with Gasteiger partial charge in [0.05, 0.1) is 24.9 Å². The lowest BCUT2D eigenvalue weighted by Crippen LogP contribution is -2.50. The van der Waals surface area contributed by atoms with Crippen LogP contribution in [0.4, 0.5) is 0 Å². The average molecular weight is 190 g/mol. The van der Waals surface area contributed by atoms with Crippen molar-refractivity contribution in [2.75, 3.05) is 6.61 Å². The van der Waals surface area contributed by atoms with E-state index in [9.17, 15) is 10.2 Å². The molecular formula is C9H18O4. The Morgan fingerprint density at radius 3 is 2.38 bits per heavy atom. The molecule has 4 atom stereocenters. The summed E-state index contributed by atoms with van der Waals surface area (Å²) in [6.07, 6.45) is -1.92. The zero-order chi connectivity index (χ0) is 10.0. The van der Waals surface area contributed by atoms with E-state index in [4.69, 9.17) is 9.84 Å². The maximum absolute atomic E-state index is 9.56. The third-order valence-corrected chi connectivity index (χ3v) is 2.46. The van der Waals surface area contributed by atoms with Crippen LogP contribution in [-0.4, -0.2) is 46.3 Å². The van der Waals surface area contributed by atoms with Gasteiger partial charge in [0.15, 0.2) is 0 Å². The van der Waals surface area contributed by atoms with E-state index in [0.29, 0.717) is 0 Å². The minimum absolute atomic E-state index is 0.191. The molecule has 78 valence electrons. The van der Waals surface area contributed by atoms with Gasteiger partial charge in [-0.1, -0.05) is 13.8 Å². The van der Waals surface area contributed by atoms with E-state index >= 15 is 0 Å². The van der Waals surface area contributed by atoms with Crippen molar-refractivity contribution in [2.45, 2.75) is 44.7 Å². The van der Waals surface area contributed by atoms with Crippen molar-refractivity contribution in [2.24, 2.45) is 5.92 Å². The zero-order valence-electron chi connectivity index (χ0n) is 8.05. The fourth-order valence-corrected chi connectivity index (χ4v) is 1.68. The second kappa shape index (κ2) is 4.37. The quantitative estimate of drug-likeness (QED) is 0.550. The molecule has 0 bridgehead atoms. The monoisotopic (exact) mass is 190 g/mol. The number of rotatable bonds is 2. The van der Waals surface area contributed by atoms with Gasteiger partial charge in [-0.15, -0.1) is 0 Å². The summed E-state index contributed by atoms with van der Waals surface area (Å²) in [6.45, 7) is 3.69. The van der Waals surface area contributed by atoms with Crippen molar-refractivity contribution in [1.82, 2.24) is 0 Å². The summed E-state index contributed by atoms with van der Waals surface area (Å²) in [4.78, 5) is 0. The molecule has 1 fully saturated rings. The van der Waals surface area contributed by atoms with Crippen LogP contribution in [0.15, 0.2) is 0 Å². The Labute approximate surface area is 78.1 Å². The number of ether oxygens (including phenoxy) is 1. The third kappa shape index (κ3) is 2.40. The summed E-state index contributed by atoms with van der Waals surface area (Å²) >= 11 is 0. The van der Waals surface area contributed by atoms with Gasteiger partial charge in [0.1, 0.15) is 6.10 Å². The molecule has 0 saturated carbocycles. The van der Waals surface area contributed by atoms with Gasteiger partial charge in [0, 0.05) is 6.42 Å². The molecule has 0 spiro atoms. The Bertz CT molecular complexity index is 160. The maximum atomic E-state index is 9.56. The fraction of sp³-hybridized carbons (Fsp3) is 1.00. The number of aliphatic hydroxyl groups is 3. The van der Waals surface area contributed by atoms with Crippen molar-refractivity contribution in [1.29, 1.82) is 0 Å². The predicted octanol–water partition coefficient (Wildman–Crippen LogP) is -0.486. The van der Waals surface area contributed by atoms with Gasteiger partial charge < -0.3 is 20.1 Å². The molecule has 0 radical (unpaired) electrons. The summed E-state index contributed by atoms with van der Waals surface area (Å²) in [6, 6.07) is 0. The van der Waals surface area contributed by atoms with Crippen LogP contribution in [0.5, 0.6) is 0 Å². The predicted molar refractivity (Wildman–Crippen MR) is 47.2 cm³/mol. The van der Waals surface area contributed by atoms with Gasteiger partial charge in [-0.3, -0.25) is 0 Å². The molecule has 4 nitrogen and oxygen atoms in total. The largest absolute Gasteiger partial charge is 0.394 e. The summed E-state index contributed by atoms with van der Waals surface area (Å²) in [5.41, 5.74) is 0. The minimum Gasteiger partial charge on any atom is -0.394 e. The molecule has 4 heteroatoms. The fourth-order valence-electron chi connectivity index (χ4n) is 1.68. The molecule has 1 saturated heterocycles. The zero-order valence-corrected chi connectivity index (χ0v) is 8.05. The minimum atomic E-state index is -0.755. The van der Waals surface area contributed by atoms with Crippen molar-refractivity contribution in [3.05, 3.63) is 0 Å². The van der Waals surface area contributed by atoms with Gasteiger partial charge in [-0.2, -0.15) is 0 Å². The first-order valence-electron chi connectivity index (χ1n) is 4.68. The molecule has 0 amide bonds. The first kappa shape index (κ1) is 10.9. The lowest BCUT2D eigenvalue weighted by molar-refractivity contribution is -0.191. The lowest BCUT2D eigenvalue weighted by atomic mass is 9.92. The van der Waals surface area contributed by atoms with Crippen molar-refractivity contribution >= 4 is 0 Å². The molecule has 1 rings (SSSR count). The summed E-state index contributed by atoms with van der Waals surface area (Å²) in [5.74, 6) is 0.191. The first-order valence-corrected chi connectivity index (χ1v) is 4.68. The highest BCUT2D eigenvalue weighted by Crippen LogP contribution is 2.24. The van der Waals surface area contributed by atoms with Crippen LogP contribution < -0.4 is 0 Å². The maximum Gasteiger partial charge on any atom is 0.107 e. The Balaban J connectivity index is 2.58. The smallest absolute Gasteiger partial charge is 0.107 e. The van der Waals surface area contributed by atoms with E-state index in [0.717, 1.165) is 0 Å². The highest BCUT2D eigenvalue weighted by atomic mass is 16.5. The normalized spacial score (nSPS) is 41.1. The number of aliphatic hydroxyl groups excluding tert-OH is 3. The van der Waals surface area contributed by atoms with E-state index < -0.39 is 18.3 Å². The van der Waals surface area contributed by atoms with Crippen LogP contribution in [0, 0.1) is 5.92 Å². The first-order chi connectivity index (χ1) is 6.06. The molecule has 0 aromatic rings. The Morgan fingerprint density at radius 2 is 1.92 bits per heavy atom. The molecule has 1 aliphatic rings. The average Bonchev–Trinajstić information content (AvgIpc) is 2.03. The van der Waals surface area contributed by atoms with Crippen molar-refractivity contribution in [3.63, 3.8) is 0 Å². The molecule has 0 aromatic carbocycles. The highest BCUT2D eigenvalue weighted by Gasteiger charge is 2.37. The lowest BCUT2D eigenvalue weighted by Gasteiger charge is -2.38. The molecule has 0 aromatic heterocycles. The van der Waals surface area contributed by atoms with Crippen molar-refractivity contribution < 1.29 is 20.1 Å². The molecule has 0 aliphatic carbocycles. The van der Waals surface area contributed by atoms with Gasteiger partial charge in [-0.25, -0.2) is 0 Å². The topological polar surface area (TPSA) is 69.9 Å². The molecule has 1 heterocycles. The van der Waals surface area contributed by atoms with E-state index in [1.807, 2.05) is 13.8 Å². The number of hydrogen-bond acceptors (Lipinski definition) is 4. The highest BCUT2D eigenvalue weighted by molar-refractivity contribution is 4.85. The standard InChI is InChI=1S/C9H18O4/c1-5(2)9-7(12)3-6(11)8(4-10)13-9/h5-12H,3-4H2,1-2H3/t6-,7?,8?,9?/m1/s1. The van der Waals surface area contributed by atoms with Crippen LogP contribution >= 0.6 is 0 Å². The van der Waals surface area contributed by atoms with E-state index in [-0.39, 0.29) is 25.0 Å². The molecule has 3 N–H and O–H groups in total. The van der Waals surface area contributed by atoms with Crippen LogP contribution in [0.25, 0.3) is 0 Å². The van der Waals surface area contributed by atoms with E-state index in [2.05, 4.69) is 0 Å². The Kier molecular flexibility index (Phi) is 3.67. The van der Waals surface area contributed by atoms with Gasteiger partial charge >= 0.3 is 0 Å². The summed E-state index contributed by atoms with van der Waals surface area (Å²) in [5, 5.41) is 27.8. The molecular weight excluding hydrogens is 172 g/mol. The third-order valence-electron chi connectivity index (χ3n) is 2.46. The van der Waals surface area contributed by atoms with Crippen LogP contribution in [0.3, 0.4) is 0 Å². The molecule has 13 heavy (non-hydrogen) atoms. The summed E-state index contributed by atoms with van der Waals surface area (Å²) in [7, 11) is 0. The molecule has 1 aliphatic heterocycles. The van der Waals surface area contributed by atoms with Crippen LogP contribution in [-0.2, 0) is 4.74 Å². The van der Waals surface area contributed by atoms with Gasteiger partial charge in [0.2, 0.25) is 0 Å². The van der Waals surface area contributed by atoms with Crippen LogP contribution in [0.1, 0.15) is 20.3 Å². The Hall–Kier alpha value is -0.160. The number of hydrogen-bond donors (Lipinski definition) is 3. The van der Waals surface area contributed by atoms with Crippen LogP contribution in [0.2, 0.25) is 0 Å². The summed E-state index contributed by atoms with van der Waals surface area (Å²) < 4.78 is 5.37. The van der Waals surface area contributed by atoms with E-state index in [1.165, 1.54) is 0 Å². The van der Waals surface area contributed by atoms with Gasteiger partial charge in [-0.05, 0) is 5.92 Å².